The van der Waals surface area contributed by atoms with Crippen molar-refractivity contribution >= 4 is 23.9 Å². The maximum absolute atomic E-state index is 13.1. The van der Waals surface area contributed by atoms with Gasteiger partial charge in [0.25, 0.3) is 0 Å². The third-order valence-corrected chi connectivity index (χ3v) is 13.7. The molecule has 0 aromatic rings. The zero-order chi connectivity index (χ0) is 50.4. The highest BCUT2D eigenvalue weighted by atomic mass is 16.7. The van der Waals surface area contributed by atoms with Crippen LogP contribution >= 0.6 is 0 Å². The van der Waals surface area contributed by atoms with E-state index in [0.717, 1.165) is 64.2 Å². The van der Waals surface area contributed by atoms with Crippen molar-refractivity contribution in [1.82, 2.24) is 0 Å². The van der Waals surface area contributed by atoms with Gasteiger partial charge in [0.05, 0.1) is 6.61 Å². The molecule has 406 valence electrons. The van der Waals surface area contributed by atoms with Crippen LogP contribution in [0.5, 0.6) is 0 Å². The van der Waals surface area contributed by atoms with Crippen molar-refractivity contribution in [2.45, 2.75) is 327 Å². The Morgan fingerprint density at radius 2 is 0.739 bits per heavy atom. The quantitative estimate of drug-likeness (QED) is 0.0299. The molecule has 1 fully saturated rings. The smallest absolute Gasteiger partial charge is 0.335 e. The number of carboxylic acid groups (broad SMARTS) is 1. The molecule has 1 rings (SSSR count). The summed E-state index contributed by atoms with van der Waals surface area (Å²) in [6.07, 6.45) is 36.7. The fraction of sp³-hybridized carbons (Fsp3) is 0.930. The van der Waals surface area contributed by atoms with E-state index in [1.54, 1.807) is 0 Å². The van der Waals surface area contributed by atoms with Crippen molar-refractivity contribution in [2.75, 3.05) is 13.2 Å². The highest BCUT2D eigenvalue weighted by Gasteiger charge is 2.50. The Labute approximate surface area is 421 Å². The molecule has 3 N–H and O–H groups in total. The molecule has 12 nitrogen and oxygen atoms in total. The van der Waals surface area contributed by atoms with E-state index in [4.69, 9.17) is 23.7 Å². The second-order valence-corrected chi connectivity index (χ2v) is 20.3. The van der Waals surface area contributed by atoms with Crippen LogP contribution in [0.15, 0.2) is 0 Å². The Hall–Kier alpha value is -2.28. The van der Waals surface area contributed by atoms with Gasteiger partial charge in [-0.05, 0) is 19.3 Å². The Morgan fingerprint density at radius 1 is 0.420 bits per heavy atom. The Balaban J connectivity index is 2.65. The van der Waals surface area contributed by atoms with E-state index in [2.05, 4.69) is 20.8 Å². The Morgan fingerprint density at radius 3 is 1.09 bits per heavy atom. The highest BCUT2D eigenvalue weighted by Crippen LogP contribution is 2.27. The van der Waals surface area contributed by atoms with Crippen molar-refractivity contribution < 1.29 is 58.2 Å². The first-order valence-electron chi connectivity index (χ1n) is 29.0. The van der Waals surface area contributed by atoms with Crippen molar-refractivity contribution in [3.05, 3.63) is 0 Å². The fourth-order valence-electron chi connectivity index (χ4n) is 9.19. The lowest BCUT2D eigenvalue weighted by Gasteiger charge is -2.40. The minimum atomic E-state index is -1.89. The van der Waals surface area contributed by atoms with Crippen molar-refractivity contribution in [1.29, 1.82) is 0 Å². The first-order chi connectivity index (χ1) is 33.6. The molecule has 1 saturated heterocycles. The van der Waals surface area contributed by atoms with Gasteiger partial charge in [-0.15, -0.1) is 0 Å². The normalized spacial score (nSPS) is 18.5. The van der Waals surface area contributed by atoms with Crippen LogP contribution in [0.25, 0.3) is 0 Å². The number of aliphatic carboxylic acids is 1. The second kappa shape index (κ2) is 46.8. The van der Waals surface area contributed by atoms with E-state index >= 15 is 0 Å². The van der Waals surface area contributed by atoms with Crippen molar-refractivity contribution in [3.8, 4) is 0 Å². The number of carbonyl (C=O) groups excluding carboxylic acids is 3. The molecule has 1 aliphatic heterocycles. The van der Waals surface area contributed by atoms with Crippen LogP contribution in [0, 0.1) is 0 Å². The summed E-state index contributed by atoms with van der Waals surface area (Å²) < 4.78 is 28.4. The lowest BCUT2D eigenvalue weighted by atomic mass is 9.98. The number of rotatable bonds is 50. The van der Waals surface area contributed by atoms with Gasteiger partial charge in [-0.3, -0.25) is 14.4 Å². The van der Waals surface area contributed by atoms with E-state index in [1.165, 1.54) is 167 Å². The van der Waals surface area contributed by atoms with E-state index in [0.29, 0.717) is 19.3 Å². The van der Waals surface area contributed by atoms with Gasteiger partial charge in [0.15, 0.2) is 24.6 Å². The minimum absolute atomic E-state index is 0.0685. The average Bonchev–Trinajstić information content (AvgIpc) is 3.33. The zero-order valence-electron chi connectivity index (χ0n) is 44.6. The number of aliphatic hydroxyl groups is 2. The molecule has 0 bridgehead atoms. The number of aliphatic hydroxyl groups excluding tert-OH is 2. The highest BCUT2D eigenvalue weighted by molar-refractivity contribution is 5.74. The Bertz CT molecular complexity index is 1210. The van der Waals surface area contributed by atoms with E-state index in [1.807, 2.05) is 0 Å². The molecule has 12 heteroatoms. The molecular formula is C57H106O12. The Kier molecular flexibility index (Phi) is 43.9. The van der Waals surface area contributed by atoms with Crippen LogP contribution in [-0.4, -0.2) is 89.2 Å². The number of carbonyl (C=O) groups is 4. The van der Waals surface area contributed by atoms with E-state index in [-0.39, 0.29) is 25.9 Å². The maximum Gasteiger partial charge on any atom is 0.335 e. The molecular weight excluding hydrogens is 877 g/mol. The molecule has 1 heterocycles. The number of esters is 3. The monoisotopic (exact) mass is 983 g/mol. The fourth-order valence-corrected chi connectivity index (χ4v) is 9.19. The van der Waals surface area contributed by atoms with Gasteiger partial charge >= 0.3 is 23.9 Å². The van der Waals surface area contributed by atoms with Crippen molar-refractivity contribution in [3.63, 3.8) is 0 Å². The number of hydrogen-bond acceptors (Lipinski definition) is 11. The van der Waals surface area contributed by atoms with Gasteiger partial charge in [-0.25, -0.2) is 4.79 Å². The molecule has 6 unspecified atom stereocenters. The summed E-state index contributed by atoms with van der Waals surface area (Å²) in [6, 6.07) is 0. The molecule has 6 atom stereocenters. The van der Waals surface area contributed by atoms with Crippen LogP contribution in [0.1, 0.15) is 290 Å². The third-order valence-electron chi connectivity index (χ3n) is 13.7. The molecule has 69 heavy (non-hydrogen) atoms. The molecule has 0 aromatic heterocycles. The predicted molar refractivity (Wildman–Crippen MR) is 276 cm³/mol. The zero-order valence-corrected chi connectivity index (χ0v) is 44.6. The summed E-state index contributed by atoms with van der Waals surface area (Å²) in [5.74, 6) is -3.08. The topological polar surface area (TPSA) is 175 Å². The summed E-state index contributed by atoms with van der Waals surface area (Å²) in [7, 11) is 0. The summed E-state index contributed by atoms with van der Waals surface area (Å²) in [5, 5.41) is 31.3. The SMILES string of the molecule is CCCCCCCCCCCCCCCCCCCC(=O)OCC(COC1OC(C(=O)O)C(O)C(O)C1OC(=O)CCCCCCCCCCC)OC(=O)CCCCCCCCCCCCCCC. The molecule has 0 aromatic carbocycles. The van der Waals surface area contributed by atoms with Crippen LogP contribution in [0.3, 0.4) is 0 Å². The number of unbranched alkanes of at least 4 members (excludes halogenated alkanes) is 36. The summed E-state index contributed by atoms with van der Waals surface area (Å²) >= 11 is 0. The van der Waals surface area contributed by atoms with Crippen molar-refractivity contribution in [2.24, 2.45) is 0 Å². The molecule has 0 aliphatic carbocycles. The van der Waals surface area contributed by atoms with Crippen LogP contribution in [0.2, 0.25) is 0 Å². The summed E-state index contributed by atoms with van der Waals surface area (Å²) in [6.45, 7) is 5.99. The van der Waals surface area contributed by atoms with Crippen LogP contribution < -0.4 is 0 Å². The lowest BCUT2D eigenvalue weighted by Crippen LogP contribution is -2.61. The molecule has 0 saturated carbocycles. The van der Waals surface area contributed by atoms with E-state index < -0.39 is 67.3 Å². The maximum atomic E-state index is 13.1. The first kappa shape index (κ1) is 64.7. The van der Waals surface area contributed by atoms with Crippen LogP contribution in [-0.2, 0) is 42.9 Å². The minimum Gasteiger partial charge on any atom is -0.479 e. The first-order valence-corrected chi connectivity index (χ1v) is 29.0. The van der Waals surface area contributed by atoms with Crippen LogP contribution in [0.4, 0.5) is 0 Å². The molecule has 1 aliphatic rings. The second-order valence-electron chi connectivity index (χ2n) is 20.3. The van der Waals surface area contributed by atoms with Gasteiger partial charge < -0.3 is 39.0 Å². The number of ether oxygens (including phenoxy) is 5. The molecule has 0 radical (unpaired) electrons. The number of carboxylic acids is 1. The average molecular weight is 983 g/mol. The van der Waals surface area contributed by atoms with Gasteiger partial charge in [0.2, 0.25) is 0 Å². The molecule has 0 spiro atoms. The van der Waals surface area contributed by atoms with Gasteiger partial charge in [0.1, 0.15) is 18.8 Å². The van der Waals surface area contributed by atoms with E-state index in [9.17, 15) is 34.5 Å². The predicted octanol–water partition coefficient (Wildman–Crippen LogP) is 14.3. The summed E-state index contributed by atoms with van der Waals surface area (Å²) in [5.41, 5.74) is 0. The molecule has 0 amide bonds. The standard InChI is InChI=1S/C57H106O12/c1-4-7-10-13-16-19-21-23-24-25-26-28-29-32-34-37-40-43-49(58)65-46-48(67-50(59)44-41-38-36-33-30-27-22-20-17-14-11-8-5-2)47-66-57-55(53(62)52(61)54(69-57)56(63)64)68-51(60)45-42-39-35-31-18-15-12-9-6-3/h48,52-55,57,61-62H,4-47H2,1-3H3,(H,63,64). The van der Waals surface area contributed by atoms with Gasteiger partial charge in [-0.1, -0.05) is 252 Å². The van der Waals surface area contributed by atoms with Gasteiger partial charge in [0, 0.05) is 19.3 Å². The number of hydrogen-bond donors (Lipinski definition) is 3. The third kappa shape index (κ3) is 37.2. The lowest BCUT2D eigenvalue weighted by molar-refractivity contribution is -0.301. The largest absolute Gasteiger partial charge is 0.479 e. The van der Waals surface area contributed by atoms with Gasteiger partial charge in [-0.2, -0.15) is 0 Å². The summed E-state index contributed by atoms with van der Waals surface area (Å²) in [4.78, 5) is 50.9.